The first kappa shape index (κ1) is 26.9. The molecule has 2 aliphatic rings. The van der Waals surface area contributed by atoms with Crippen LogP contribution in [0.3, 0.4) is 0 Å². The van der Waals surface area contributed by atoms with Gasteiger partial charge in [0.25, 0.3) is 0 Å². The van der Waals surface area contributed by atoms with Crippen LogP contribution in [0.25, 0.3) is 10.9 Å². The van der Waals surface area contributed by atoms with Gasteiger partial charge >= 0.3 is 0 Å². The summed E-state index contributed by atoms with van der Waals surface area (Å²) in [5, 5.41) is 1.20. The van der Waals surface area contributed by atoms with Crippen molar-refractivity contribution in [3.8, 4) is 5.75 Å². The summed E-state index contributed by atoms with van der Waals surface area (Å²) in [7, 11) is 0. The normalized spacial score (nSPS) is 21.6. The Morgan fingerprint density at radius 3 is 2.58 bits per heavy atom. The van der Waals surface area contributed by atoms with E-state index in [2.05, 4.69) is 35.0 Å². The molecule has 1 aliphatic heterocycles. The van der Waals surface area contributed by atoms with E-state index >= 15 is 0 Å². The fraction of sp³-hybridized carbons (Fsp3) is 0.677. The molecule has 2 heterocycles. The minimum Gasteiger partial charge on any atom is -0.488 e. The van der Waals surface area contributed by atoms with Gasteiger partial charge in [-0.3, -0.25) is 9.78 Å². The molecule has 4 rings (SSSR count). The average Bonchev–Trinajstić information content (AvgIpc) is 2.90. The topological polar surface area (TPSA) is 68.5 Å². The molecule has 1 saturated carbocycles. The largest absolute Gasteiger partial charge is 0.488 e. The molecule has 2 N–H and O–H groups in total. The lowest BCUT2D eigenvalue weighted by Crippen LogP contribution is -2.38. The number of pyridine rings is 1. The number of amides is 1. The minimum absolute atomic E-state index is 0.0969. The molecule has 0 atom stereocenters. The number of carbonyl (C=O) groups excluding carboxylic acids is 1. The molecule has 1 aliphatic carbocycles. The second-order valence-electron chi connectivity index (χ2n) is 11.3. The molecule has 5 heteroatoms. The first-order valence-corrected chi connectivity index (χ1v) is 14.7. The molecule has 0 radical (unpaired) electrons. The number of nitrogens with two attached hydrogens (primary N) is 1. The van der Waals surface area contributed by atoms with Gasteiger partial charge in [0.05, 0.1) is 0 Å². The van der Waals surface area contributed by atoms with E-state index in [1.165, 1.54) is 75.3 Å². The van der Waals surface area contributed by atoms with Crippen molar-refractivity contribution in [3.63, 3.8) is 0 Å². The summed E-state index contributed by atoms with van der Waals surface area (Å²) < 4.78 is 6.59. The van der Waals surface area contributed by atoms with Crippen LogP contribution in [-0.4, -0.2) is 41.5 Å². The van der Waals surface area contributed by atoms with Crippen molar-refractivity contribution < 1.29 is 9.53 Å². The summed E-state index contributed by atoms with van der Waals surface area (Å²) in [5.41, 5.74) is 7.85. The molecule has 198 valence electrons. The zero-order chi connectivity index (χ0) is 25.2. The Labute approximate surface area is 218 Å². The molecule has 0 spiro atoms. The number of ether oxygens (including phenoxy) is 1. The first-order chi connectivity index (χ1) is 17.6. The number of piperidine rings is 1. The summed E-state index contributed by atoms with van der Waals surface area (Å²) in [6.07, 6.45) is 18.8. The Kier molecular flexibility index (Phi) is 10.4. The molecule has 36 heavy (non-hydrogen) atoms. The lowest BCUT2D eigenvalue weighted by atomic mass is 9.79. The van der Waals surface area contributed by atoms with E-state index in [1.54, 1.807) is 0 Å². The quantitative estimate of drug-likeness (QED) is 0.317. The van der Waals surface area contributed by atoms with Gasteiger partial charge in [0.1, 0.15) is 17.4 Å². The van der Waals surface area contributed by atoms with Gasteiger partial charge in [0.15, 0.2) is 0 Å². The number of unbranched alkanes of at least 4 members (excludes halogenated alkanes) is 4. The zero-order valence-electron chi connectivity index (χ0n) is 22.4. The molecule has 5 nitrogen and oxygen atoms in total. The predicted molar refractivity (Wildman–Crippen MR) is 148 cm³/mol. The summed E-state index contributed by atoms with van der Waals surface area (Å²) in [4.78, 5) is 18.6. The summed E-state index contributed by atoms with van der Waals surface area (Å²) in [5.74, 6) is 1.81. The number of benzene rings is 1. The van der Waals surface area contributed by atoms with Crippen molar-refractivity contribution in [3.05, 3.63) is 36.0 Å². The van der Waals surface area contributed by atoms with Crippen LogP contribution in [0.4, 0.5) is 0 Å². The summed E-state index contributed by atoms with van der Waals surface area (Å²) in [6.45, 7) is 5.70. The minimum atomic E-state index is -0.0969. The number of fused-ring (bicyclic) bond motifs is 1. The van der Waals surface area contributed by atoms with Crippen molar-refractivity contribution in [2.45, 2.75) is 103 Å². The Balaban J connectivity index is 1.19. The third kappa shape index (κ3) is 7.93. The van der Waals surface area contributed by atoms with Crippen molar-refractivity contribution in [2.24, 2.45) is 17.6 Å². The SMILES string of the molecule is CCCCCCc1cc(OC2CCN(CCCCC3CCC(C(N)=O)CC3)CC2)c2ncccc2c1. The molecular formula is C31H47N3O2. The van der Waals surface area contributed by atoms with Crippen LogP contribution in [-0.2, 0) is 11.2 Å². The van der Waals surface area contributed by atoms with E-state index in [0.717, 1.165) is 62.4 Å². The Bertz CT molecular complexity index is 946. The van der Waals surface area contributed by atoms with Crippen LogP contribution in [0.15, 0.2) is 30.5 Å². The molecule has 0 bridgehead atoms. The highest BCUT2D eigenvalue weighted by molar-refractivity contribution is 5.85. The monoisotopic (exact) mass is 493 g/mol. The molecular weight excluding hydrogens is 446 g/mol. The number of carbonyl (C=O) groups is 1. The molecule has 1 saturated heterocycles. The van der Waals surface area contributed by atoms with E-state index in [-0.39, 0.29) is 17.9 Å². The van der Waals surface area contributed by atoms with Crippen molar-refractivity contribution >= 4 is 16.8 Å². The Morgan fingerprint density at radius 1 is 1.03 bits per heavy atom. The van der Waals surface area contributed by atoms with Crippen LogP contribution in [0, 0.1) is 11.8 Å². The molecule has 2 fully saturated rings. The zero-order valence-corrected chi connectivity index (χ0v) is 22.4. The highest BCUT2D eigenvalue weighted by Gasteiger charge is 2.25. The predicted octanol–water partition coefficient (Wildman–Crippen LogP) is 6.66. The Hall–Kier alpha value is -2.14. The molecule has 1 aromatic heterocycles. The lowest BCUT2D eigenvalue weighted by molar-refractivity contribution is -0.122. The van der Waals surface area contributed by atoms with E-state index in [1.807, 2.05) is 12.3 Å². The van der Waals surface area contributed by atoms with Crippen LogP contribution in [0.5, 0.6) is 5.75 Å². The fourth-order valence-corrected chi connectivity index (χ4v) is 6.14. The maximum Gasteiger partial charge on any atom is 0.220 e. The maximum absolute atomic E-state index is 11.4. The van der Waals surface area contributed by atoms with Crippen molar-refractivity contribution in [1.82, 2.24) is 9.88 Å². The van der Waals surface area contributed by atoms with E-state index in [9.17, 15) is 4.79 Å². The molecule has 0 unspecified atom stereocenters. The van der Waals surface area contributed by atoms with Crippen molar-refractivity contribution in [1.29, 1.82) is 0 Å². The van der Waals surface area contributed by atoms with Gasteiger partial charge in [-0.1, -0.05) is 45.1 Å². The van der Waals surface area contributed by atoms with Gasteiger partial charge in [0, 0.05) is 30.6 Å². The van der Waals surface area contributed by atoms with Gasteiger partial charge in [-0.15, -0.1) is 0 Å². The third-order valence-corrected chi connectivity index (χ3v) is 8.46. The Morgan fingerprint density at radius 2 is 1.83 bits per heavy atom. The van der Waals surface area contributed by atoms with Gasteiger partial charge in [-0.25, -0.2) is 0 Å². The maximum atomic E-state index is 11.4. The number of aromatic nitrogens is 1. The molecule has 1 amide bonds. The van der Waals surface area contributed by atoms with E-state index < -0.39 is 0 Å². The number of hydrogen-bond donors (Lipinski definition) is 1. The van der Waals surface area contributed by atoms with Gasteiger partial charge in [-0.05, 0) is 94.0 Å². The standard InChI is InChI=1S/C31H47N3O2/c1-2-3-4-5-10-25-22-27-11-8-18-33-30(27)29(23-25)36-28-16-20-34(21-17-28)19-7-6-9-24-12-14-26(15-13-24)31(32)35/h8,11,18,22-24,26,28H,2-7,9-10,12-17,19-21H2,1H3,(H2,32,35). The van der Waals surface area contributed by atoms with Crippen LogP contribution < -0.4 is 10.5 Å². The van der Waals surface area contributed by atoms with Gasteiger partial charge in [-0.2, -0.15) is 0 Å². The molecule has 1 aromatic carbocycles. The van der Waals surface area contributed by atoms with Crippen LogP contribution in [0.1, 0.15) is 96.0 Å². The van der Waals surface area contributed by atoms with Crippen LogP contribution in [0.2, 0.25) is 0 Å². The highest BCUT2D eigenvalue weighted by Crippen LogP contribution is 2.32. The molecule has 2 aromatic rings. The lowest BCUT2D eigenvalue weighted by Gasteiger charge is -2.32. The second kappa shape index (κ2) is 14.0. The van der Waals surface area contributed by atoms with Crippen LogP contribution >= 0.6 is 0 Å². The number of aryl methyl sites for hydroxylation is 1. The second-order valence-corrected chi connectivity index (χ2v) is 11.3. The van der Waals surface area contributed by atoms with Gasteiger partial charge in [0.2, 0.25) is 5.91 Å². The number of nitrogens with zero attached hydrogens (tertiary/aromatic N) is 2. The number of likely N-dealkylation sites (tertiary alicyclic amines) is 1. The third-order valence-electron chi connectivity index (χ3n) is 8.46. The van der Waals surface area contributed by atoms with E-state index in [0.29, 0.717) is 0 Å². The highest BCUT2D eigenvalue weighted by atomic mass is 16.5. The van der Waals surface area contributed by atoms with E-state index in [4.69, 9.17) is 10.5 Å². The summed E-state index contributed by atoms with van der Waals surface area (Å²) >= 11 is 0. The van der Waals surface area contributed by atoms with Crippen molar-refractivity contribution in [2.75, 3.05) is 19.6 Å². The fourth-order valence-electron chi connectivity index (χ4n) is 6.14. The van der Waals surface area contributed by atoms with Gasteiger partial charge < -0.3 is 15.4 Å². The number of primary amides is 1. The first-order valence-electron chi connectivity index (χ1n) is 14.7. The average molecular weight is 494 g/mol. The number of rotatable bonds is 13. The number of hydrogen-bond acceptors (Lipinski definition) is 4. The summed E-state index contributed by atoms with van der Waals surface area (Å²) in [6, 6.07) is 8.74. The smallest absolute Gasteiger partial charge is 0.220 e.